The van der Waals surface area contributed by atoms with Crippen molar-refractivity contribution in [2.24, 2.45) is 0 Å². The maximum Gasteiger partial charge on any atom is -0.0207 e. The van der Waals surface area contributed by atoms with Gasteiger partial charge in [0.15, 0.2) is 0 Å². The van der Waals surface area contributed by atoms with Gasteiger partial charge in [-0.2, -0.15) is 0 Å². The number of hydrogen-bond donors (Lipinski definition) is 0. The number of rotatable bonds is 3. The first-order chi connectivity index (χ1) is 6.00. The molecule has 0 bridgehead atoms. The summed E-state index contributed by atoms with van der Waals surface area (Å²) >= 11 is 0. The zero-order valence-electron chi connectivity index (χ0n) is 9.11. The van der Waals surface area contributed by atoms with Gasteiger partial charge in [0.25, 0.3) is 0 Å². The fourth-order valence-electron chi connectivity index (χ4n) is 0.908. The van der Waals surface area contributed by atoms with E-state index < -0.39 is 0 Å². The third-order valence-electron chi connectivity index (χ3n) is 1.59. The van der Waals surface area contributed by atoms with Gasteiger partial charge in [-0.15, -0.1) is 13.2 Å². The second kappa shape index (κ2) is 7.35. The third kappa shape index (κ3) is 5.02. The Morgan fingerprint density at radius 2 is 1.31 bits per heavy atom. The summed E-state index contributed by atoms with van der Waals surface area (Å²) in [4.78, 5) is 0. The molecule has 0 N–H and O–H groups in total. The molecule has 0 aliphatic rings. The summed E-state index contributed by atoms with van der Waals surface area (Å²) in [5.74, 6) is 0. The molecule has 72 valence electrons. The van der Waals surface area contributed by atoms with Crippen LogP contribution < -0.4 is 0 Å². The molecule has 0 radical (unpaired) electrons. The van der Waals surface area contributed by atoms with Gasteiger partial charge in [-0.3, -0.25) is 0 Å². The van der Waals surface area contributed by atoms with Crippen molar-refractivity contribution < 1.29 is 0 Å². The second-order valence-electron chi connectivity index (χ2n) is 2.74. The second-order valence-corrected chi connectivity index (χ2v) is 2.74. The van der Waals surface area contributed by atoms with E-state index in [4.69, 9.17) is 0 Å². The van der Waals surface area contributed by atoms with E-state index in [0.717, 1.165) is 22.3 Å². The molecular formula is C13H20. The maximum atomic E-state index is 3.92. The molecule has 0 saturated heterocycles. The van der Waals surface area contributed by atoms with Crippen molar-refractivity contribution in [3.05, 3.63) is 61.3 Å². The lowest BCUT2D eigenvalue weighted by molar-refractivity contribution is 1.32. The smallest absolute Gasteiger partial charge is 0.0207 e. The zero-order chi connectivity index (χ0) is 11.0. The lowest BCUT2D eigenvalue weighted by Gasteiger charge is -2.08. The Labute approximate surface area is 82.7 Å². The van der Waals surface area contributed by atoms with E-state index in [9.17, 15) is 0 Å². The van der Waals surface area contributed by atoms with Crippen LogP contribution in [0.5, 0.6) is 0 Å². The van der Waals surface area contributed by atoms with Crippen LogP contribution in [0.15, 0.2) is 61.3 Å². The van der Waals surface area contributed by atoms with Crippen LogP contribution in [-0.4, -0.2) is 0 Å². The zero-order valence-corrected chi connectivity index (χ0v) is 9.11. The molecule has 0 aromatic heterocycles. The van der Waals surface area contributed by atoms with E-state index in [2.05, 4.69) is 32.9 Å². The predicted molar refractivity (Wildman–Crippen MR) is 63.8 cm³/mol. The third-order valence-corrected chi connectivity index (χ3v) is 1.59. The number of allylic oxidation sites excluding steroid dienone is 5. The molecular weight excluding hydrogens is 156 g/mol. The Morgan fingerprint density at radius 1 is 0.923 bits per heavy atom. The van der Waals surface area contributed by atoms with Crippen molar-refractivity contribution in [2.45, 2.75) is 20.8 Å². The van der Waals surface area contributed by atoms with Crippen molar-refractivity contribution in [1.82, 2.24) is 0 Å². The molecule has 0 heteroatoms. The lowest BCUT2D eigenvalue weighted by Crippen LogP contribution is -1.89. The van der Waals surface area contributed by atoms with E-state index in [1.54, 1.807) is 0 Å². The molecule has 0 aromatic rings. The summed E-state index contributed by atoms with van der Waals surface area (Å²) in [6.45, 7) is 23.5. The normalized spacial score (nSPS) is 9.62. The Kier molecular flexibility index (Phi) is 8.05. The molecule has 0 atom stereocenters. The monoisotopic (exact) mass is 176 g/mol. The molecule has 0 rings (SSSR count). The van der Waals surface area contributed by atoms with Gasteiger partial charge in [0.05, 0.1) is 0 Å². The largest absolute Gasteiger partial charge is 0.106 e. The summed E-state index contributed by atoms with van der Waals surface area (Å²) in [6, 6.07) is 0. The van der Waals surface area contributed by atoms with E-state index in [0.29, 0.717) is 0 Å². The first kappa shape index (κ1) is 14.2. The molecule has 0 aliphatic heterocycles. The maximum absolute atomic E-state index is 3.92. The SMILES string of the molecule is C=C.C=C(C)C(=C)/C(=C\C)C(=C)C. The molecule has 13 heavy (non-hydrogen) atoms. The van der Waals surface area contributed by atoms with Crippen LogP contribution in [0.1, 0.15) is 20.8 Å². The predicted octanol–water partition coefficient (Wildman–Crippen LogP) is 4.44. The molecule has 0 fully saturated rings. The average Bonchev–Trinajstić information content (AvgIpc) is 2.08. The summed E-state index contributed by atoms with van der Waals surface area (Å²) in [5.41, 5.74) is 4.14. The van der Waals surface area contributed by atoms with Gasteiger partial charge in [0.2, 0.25) is 0 Å². The van der Waals surface area contributed by atoms with Crippen LogP contribution in [0.3, 0.4) is 0 Å². The Morgan fingerprint density at radius 3 is 1.38 bits per heavy atom. The molecule has 0 heterocycles. The van der Waals surface area contributed by atoms with E-state index in [1.807, 2.05) is 26.8 Å². The first-order valence-electron chi connectivity index (χ1n) is 4.18. The van der Waals surface area contributed by atoms with Gasteiger partial charge in [-0.25, -0.2) is 0 Å². The van der Waals surface area contributed by atoms with Gasteiger partial charge in [0, 0.05) is 0 Å². The average molecular weight is 176 g/mol. The fraction of sp³-hybridized carbons (Fsp3) is 0.231. The lowest BCUT2D eigenvalue weighted by atomic mass is 9.97. The summed E-state index contributed by atoms with van der Waals surface area (Å²) < 4.78 is 0. The van der Waals surface area contributed by atoms with Gasteiger partial charge in [-0.1, -0.05) is 37.0 Å². The van der Waals surface area contributed by atoms with Crippen molar-refractivity contribution in [3.63, 3.8) is 0 Å². The highest BCUT2D eigenvalue weighted by molar-refractivity contribution is 5.51. The minimum atomic E-state index is 0.986. The minimum Gasteiger partial charge on any atom is -0.106 e. The fourth-order valence-corrected chi connectivity index (χ4v) is 0.908. The van der Waals surface area contributed by atoms with E-state index >= 15 is 0 Å². The van der Waals surface area contributed by atoms with Crippen LogP contribution >= 0.6 is 0 Å². The van der Waals surface area contributed by atoms with E-state index in [-0.39, 0.29) is 0 Å². The topological polar surface area (TPSA) is 0 Å². The highest BCUT2D eigenvalue weighted by atomic mass is 14.1. The Balaban J connectivity index is 0. The van der Waals surface area contributed by atoms with Crippen molar-refractivity contribution in [2.75, 3.05) is 0 Å². The molecule has 0 amide bonds. The molecule has 0 unspecified atom stereocenters. The van der Waals surface area contributed by atoms with Crippen LogP contribution in [0.4, 0.5) is 0 Å². The van der Waals surface area contributed by atoms with Crippen molar-refractivity contribution >= 4 is 0 Å². The summed E-state index contributed by atoms with van der Waals surface area (Å²) in [7, 11) is 0. The standard InChI is InChI=1S/C11H16.C2H4/c1-7-11(9(4)5)10(6)8(2)3;1-2/h7H,2,4,6H2,1,3,5H3;1-2H2/b11-7-;. The van der Waals surface area contributed by atoms with Gasteiger partial charge in [-0.05, 0) is 31.9 Å². The Bertz CT molecular complexity index is 239. The first-order valence-corrected chi connectivity index (χ1v) is 4.18. The molecule has 0 saturated carbocycles. The van der Waals surface area contributed by atoms with Gasteiger partial charge < -0.3 is 0 Å². The highest BCUT2D eigenvalue weighted by Crippen LogP contribution is 2.21. The van der Waals surface area contributed by atoms with Crippen LogP contribution in [-0.2, 0) is 0 Å². The molecule has 0 nitrogen and oxygen atoms in total. The van der Waals surface area contributed by atoms with Crippen LogP contribution in [0.2, 0.25) is 0 Å². The van der Waals surface area contributed by atoms with Crippen LogP contribution in [0.25, 0.3) is 0 Å². The molecule has 0 aliphatic carbocycles. The quantitative estimate of drug-likeness (QED) is 0.440. The summed E-state index contributed by atoms with van der Waals surface area (Å²) in [6.07, 6.45) is 2.01. The highest BCUT2D eigenvalue weighted by Gasteiger charge is 2.01. The molecule has 0 spiro atoms. The van der Waals surface area contributed by atoms with Crippen molar-refractivity contribution in [1.29, 1.82) is 0 Å². The van der Waals surface area contributed by atoms with Crippen molar-refractivity contribution in [3.8, 4) is 0 Å². The summed E-state index contributed by atoms with van der Waals surface area (Å²) in [5, 5.41) is 0. The van der Waals surface area contributed by atoms with E-state index in [1.165, 1.54) is 0 Å². The van der Waals surface area contributed by atoms with Gasteiger partial charge >= 0.3 is 0 Å². The number of hydrogen-bond acceptors (Lipinski definition) is 0. The Hall–Kier alpha value is -1.30. The molecule has 0 aromatic carbocycles. The van der Waals surface area contributed by atoms with Crippen LogP contribution in [0, 0.1) is 0 Å². The minimum absolute atomic E-state index is 0.986. The van der Waals surface area contributed by atoms with Gasteiger partial charge in [0.1, 0.15) is 0 Å².